The third kappa shape index (κ3) is 2.92. The zero-order valence-electron chi connectivity index (χ0n) is 16.3. The molecule has 4 aromatic heterocycles. The van der Waals surface area contributed by atoms with Crippen molar-refractivity contribution in [3.8, 4) is 21.8 Å². The van der Waals surface area contributed by atoms with Crippen LogP contribution in [0.3, 0.4) is 0 Å². The number of benzene rings is 1. The Morgan fingerprint density at radius 2 is 1.93 bits per heavy atom. The fraction of sp³-hybridized carbons (Fsp3) is 0.167. The van der Waals surface area contributed by atoms with Crippen molar-refractivity contribution in [1.29, 1.82) is 0 Å². The Balaban J connectivity index is 1.64. The van der Waals surface area contributed by atoms with E-state index >= 15 is 0 Å². The number of nitrogens with one attached hydrogen (secondary N) is 1. The number of pyridine rings is 2. The van der Waals surface area contributed by atoms with E-state index in [0.717, 1.165) is 51.3 Å². The Kier molecular flexibility index (Phi) is 3.83. The van der Waals surface area contributed by atoms with Gasteiger partial charge < -0.3 is 4.98 Å². The second kappa shape index (κ2) is 6.57. The predicted octanol–water partition coefficient (Wildman–Crippen LogP) is 5.45. The highest BCUT2D eigenvalue weighted by atomic mass is 32.1. The van der Waals surface area contributed by atoms with E-state index in [2.05, 4.69) is 35.1 Å². The number of aromatic nitrogens is 4. The molecule has 4 heterocycles. The zero-order chi connectivity index (χ0) is 20.2. The van der Waals surface area contributed by atoms with Crippen molar-refractivity contribution in [3.05, 3.63) is 75.5 Å². The van der Waals surface area contributed by atoms with Gasteiger partial charge in [-0.2, -0.15) is 0 Å². The summed E-state index contributed by atoms with van der Waals surface area (Å²) in [6, 6.07) is 15.9. The Morgan fingerprint density at radius 3 is 2.73 bits per heavy atom. The SMILES string of the molecule is Cc1ccc(-c2nc3[nH]c(C4CC4)cc(=O)c3nc2-c2ccc3ncccc3c2)s1. The molecule has 0 spiro atoms. The quantitative estimate of drug-likeness (QED) is 0.429. The van der Waals surface area contributed by atoms with Gasteiger partial charge in [-0.05, 0) is 56.0 Å². The molecule has 0 unspecified atom stereocenters. The highest BCUT2D eigenvalue weighted by Gasteiger charge is 2.26. The van der Waals surface area contributed by atoms with Crippen LogP contribution in [0.2, 0.25) is 0 Å². The molecule has 1 fully saturated rings. The smallest absolute Gasteiger partial charge is 0.209 e. The van der Waals surface area contributed by atoms with Crippen LogP contribution in [0.15, 0.2) is 59.5 Å². The van der Waals surface area contributed by atoms with Crippen LogP contribution in [0, 0.1) is 6.92 Å². The average Bonchev–Trinajstić information content (AvgIpc) is 3.53. The van der Waals surface area contributed by atoms with Gasteiger partial charge >= 0.3 is 0 Å². The van der Waals surface area contributed by atoms with E-state index in [0.29, 0.717) is 17.1 Å². The number of fused-ring (bicyclic) bond motifs is 2. The lowest BCUT2D eigenvalue weighted by molar-refractivity contribution is 1.02. The maximum Gasteiger partial charge on any atom is 0.209 e. The topological polar surface area (TPSA) is 71.5 Å². The van der Waals surface area contributed by atoms with Gasteiger partial charge in [-0.25, -0.2) is 9.97 Å². The van der Waals surface area contributed by atoms with E-state index in [1.165, 1.54) is 4.88 Å². The molecule has 6 heteroatoms. The molecular weight excluding hydrogens is 392 g/mol. The minimum Gasteiger partial charge on any atom is -0.341 e. The van der Waals surface area contributed by atoms with E-state index in [1.807, 2.05) is 24.3 Å². The fourth-order valence-corrected chi connectivity index (χ4v) is 4.71. The number of hydrogen-bond donors (Lipinski definition) is 1. The maximum atomic E-state index is 12.8. The van der Waals surface area contributed by atoms with Gasteiger partial charge in [0.15, 0.2) is 11.2 Å². The van der Waals surface area contributed by atoms with Crippen LogP contribution in [0.4, 0.5) is 0 Å². The van der Waals surface area contributed by atoms with E-state index in [4.69, 9.17) is 9.97 Å². The number of hydrogen-bond acceptors (Lipinski definition) is 5. The Bertz CT molecular complexity index is 1500. The third-order valence-corrected chi connectivity index (χ3v) is 6.55. The minimum atomic E-state index is -0.0734. The molecule has 0 bridgehead atoms. The molecule has 1 saturated carbocycles. The Morgan fingerprint density at radius 1 is 1.03 bits per heavy atom. The van der Waals surface area contributed by atoms with Crippen LogP contribution >= 0.6 is 11.3 Å². The van der Waals surface area contributed by atoms with Crippen molar-refractivity contribution in [1.82, 2.24) is 19.9 Å². The molecule has 5 aromatic rings. The lowest BCUT2D eigenvalue weighted by Crippen LogP contribution is -2.09. The molecule has 0 amide bonds. The van der Waals surface area contributed by atoms with Crippen LogP contribution in [0.1, 0.15) is 29.3 Å². The number of rotatable bonds is 3. The van der Waals surface area contributed by atoms with Crippen molar-refractivity contribution in [2.75, 3.05) is 0 Å². The first-order valence-corrected chi connectivity index (χ1v) is 10.8. The van der Waals surface area contributed by atoms with E-state index in [-0.39, 0.29) is 5.43 Å². The molecule has 30 heavy (non-hydrogen) atoms. The number of nitrogens with zero attached hydrogens (tertiary/aromatic N) is 3. The minimum absolute atomic E-state index is 0.0734. The Hall–Kier alpha value is -3.38. The van der Waals surface area contributed by atoms with Gasteiger partial charge in [0.25, 0.3) is 0 Å². The second-order valence-electron chi connectivity index (χ2n) is 7.80. The third-order valence-electron chi connectivity index (χ3n) is 5.55. The predicted molar refractivity (Wildman–Crippen MR) is 121 cm³/mol. The van der Waals surface area contributed by atoms with Crippen molar-refractivity contribution in [2.24, 2.45) is 0 Å². The normalized spacial score (nSPS) is 13.9. The number of aromatic amines is 1. The molecule has 1 aliphatic rings. The molecule has 1 aromatic carbocycles. The summed E-state index contributed by atoms with van der Waals surface area (Å²) in [4.78, 5) is 32.6. The summed E-state index contributed by atoms with van der Waals surface area (Å²) >= 11 is 1.68. The van der Waals surface area contributed by atoms with Crippen LogP contribution in [-0.2, 0) is 0 Å². The van der Waals surface area contributed by atoms with Crippen molar-refractivity contribution in [2.45, 2.75) is 25.7 Å². The van der Waals surface area contributed by atoms with Crippen molar-refractivity contribution >= 4 is 33.4 Å². The molecule has 1 aliphatic carbocycles. The van der Waals surface area contributed by atoms with Crippen LogP contribution in [0.5, 0.6) is 0 Å². The summed E-state index contributed by atoms with van der Waals surface area (Å²) in [5.41, 5.74) is 5.23. The number of thiophene rings is 1. The van der Waals surface area contributed by atoms with Gasteiger partial charge in [0.2, 0.25) is 5.43 Å². The molecule has 0 saturated heterocycles. The highest BCUT2D eigenvalue weighted by Crippen LogP contribution is 2.39. The van der Waals surface area contributed by atoms with E-state index < -0.39 is 0 Å². The lowest BCUT2D eigenvalue weighted by Gasteiger charge is -2.10. The summed E-state index contributed by atoms with van der Waals surface area (Å²) in [6.07, 6.45) is 4.03. The molecule has 146 valence electrons. The molecule has 0 aliphatic heterocycles. The molecule has 6 rings (SSSR count). The number of aryl methyl sites for hydroxylation is 1. The summed E-state index contributed by atoms with van der Waals surface area (Å²) in [6.45, 7) is 2.08. The van der Waals surface area contributed by atoms with Gasteiger partial charge in [-0.15, -0.1) is 11.3 Å². The van der Waals surface area contributed by atoms with Gasteiger partial charge in [-0.3, -0.25) is 9.78 Å². The zero-order valence-corrected chi connectivity index (χ0v) is 17.2. The highest BCUT2D eigenvalue weighted by molar-refractivity contribution is 7.15. The Labute approximate surface area is 176 Å². The molecule has 1 N–H and O–H groups in total. The van der Waals surface area contributed by atoms with E-state index in [1.54, 1.807) is 23.6 Å². The average molecular weight is 411 g/mol. The van der Waals surface area contributed by atoms with Gasteiger partial charge in [0, 0.05) is 33.8 Å². The van der Waals surface area contributed by atoms with Gasteiger partial charge in [0.05, 0.1) is 16.1 Å². The summed E-state index contributed by atoms with van der Waals surface area (Å²) in [5, 5.41) is 1.03. The molecule has 0 atom stereocenters. The van der Waals surface area contributed by atoms with Gasteiger partial charge in [0.1, 0.15) is 5.69 Å². The molecule has 0 radical (unpaired) electrons. The van der Waals surface area contributed by atoms with Crippen LogP contribution < -0.4 is 5.43 Å². The first-order chi connectivity index (χ1) is 14.7. The molecule has 5 nitrogen and oxygen atoms in total. The maximum absolute atomic E-state index is 12.8. The van der Waals surface area contributed by atoms with Crippen LogP contribution in [0.25, 0.3) is 43.9 Å². The fourth-order valence-electron chi connectivity index (χ4n) is 3.85. The first kappa shape index (κ1) is 17.5. The summed E-state index contributed by atoms with van der Waals surface area (Å²) in [5.74, 6) is 0.448. The summed E-state index contributed by atoms with van der Waals surface area (Å²) < 4.78 is 0. The van der Waals surface area contributed by atoms with Crippen molar-refractivity contribution < 1.29 is 0 Å². The standard InChI is InChI=1S/C24H18N4OS/c1-13-4-9-20(30-13)23-21(16-7-8-17-15(11-16)3-2-10-25-17)27-22-19(29)12-18(14-5-6-14)26-24(22)28-23/h2-4,7-12,14H,5-6H2,1H3,(H,26,28,29). The molecular formula is C24H18N4OS. The largest absolute Gasteiger partial charge is 0.341 e. The lowest BCUT2D eigenvalue weighted by atomic mass is 10.1. The number of H-pyrrole nitrogens is 1. The summed E-state index contributed by atoms with van der Waals surface area (Å²) in [7, 11) is 0. The first-order valence-electron chi connectivity index (χ1n) is 10.0. The van der Waals surface area contributed by atoms with E-state index in [9.17, 15) is 4.79 Å². The van der Waals surface area contributed by atoms with Gasteiger partial charge in [-0.1, -0.05) is 12.1 Å². The van der Waals surface area contributed by atoms with Crippen LogP contribution in [-0.4, -0.2) is 19.9 Å². The monoisotopic (exact) mass is 410 g/mol. The second-order valence-corrected chi connectivity index (χ2v) is 9.09. The van der Waals surface area contributed by atoms with Crippen molar-refractivity contribution in [3.63, 3.8) is 0 Å².